The number of rotatable bonds is 0. The number of likely N-dealkylation sites (N-methyl/N-ethyl adjacent to an activating group) is 2. The molecule has 0 amide bonds. The van der Waals surface area contributed by atoms with Crippen LogP contribution < -0.4 is 0 Å². The van der Waals surface area contributed by atoms with E-state index >= 15 is 0 Å². The van der Waals surface area contributed by atoms with Gasteiger partial charge in [-0.3, -0.25) is 9.80 Å². The predicted molar refractivity (Wildman–Crippen MR) is 29.6 cm³/mol. The van der Waals surface area contributed by atoms with Crippen LogP contribution >= 0.6 is 0 Å². The van der Waals surface area contributed by atoms with Crippen molar-refractivity contribution in [3.8, 4) is 0 Å². The smallest absolute Gasteiger partial charge is 0.0917 e. The summed E-state index contributed by atoms with van der Waals surface area (Å²) in [6.07, 6.45) is 0. The third-order valence-corrected chi connectivity index (χ3v) is 1.20. The summed E-state index contributed by atoms with van der Waals surface area (Å²) in [6.45, 7) is 4.47. The molecular weight excluding hydrogens is 88.1 g/mol. The van der Waals surface area contributed by atoms with E-state index in [2.05, 4.69) is 30.6 Å². The maximum atomic E-state index is 2.18. The van der Waals surface area contributed by atoms with Crippen molar-refractivity contribution in [2.24, 2.45) is 0 Å². The van der Waals surface area contributed by atoms with Crippen LogP contribution in [0.2, 0.25) is 0 Å². The third-order valence-electron chi connectivity index (χ3n) is 1.20. The Morgan fingerprint density at radius 2 is 1.57 bits per heavy atom. The Kier molecular flexibility index (Phi) is 1.30. The van der Waals surface area contributed by atoms with Gasteiger partial charge in [0.1, 0.15) is 0 Å². The summed E-state index contributed by atoms with van der Waals surface area (Å²) in [6, 6.07) is 0. The highest BCUT2D eigenvalue weighted by molar-refractivity contribution is 4.73. The molecule has 0 atom stereocenters. The average Bonchev–Trinajstić information content (AvgIpc) is 1.87. The Morgan fingerprint density at radius 1 is 1.14 bits per heavy atom. The lowest BCUT2D eigenvalue weighted by Gasteiger charge is -2.04. The zero-order valence-corrected chi connectivity index (χ0v) is 4.89. The van der Waals surface area contributed by atoms with E-state index in [1.54, 1.807) is 0 Å². The molecule has 7 heavy (non-hydrogen) atoms. The maximum absolute atomic E-state index is 2.18. The van der Waals surface area contributed by atoms with Crippen molar-refractivity contribution in [3.63, 3.8) is 0 Å². The summed E-state index contributed by atoms with van der Waals surface area (Å²) in [5.74, 6) is 0. The summed E-state index contributed by atoms with van der Waals surface area (Å²) in [4.78, 5) is 4.36. The fourth-order valence-electron chi connectivity index (χ4n) is 0.767. The van der Waals surface area contributed by atoms with Crippen LogP contribution in [-0.2, 0) is 0 Å². The molecule has 0 saturated carbocycles. The van der Waals surface area contributed by atoms with Gasteiger partial charge in [-0.2, -0.15) is 0 Å². The first kappa shape index (κ1) is 5.06. The molecular formula is C5H11N2. The van der Waals surface area contributed by atoms with E-state index in [1.807, 2.05) is 0 Å². The first-order valence-electron chi connectivity index (χ1n) is 2.54. The average molecular weight is 99.2 g/mol. The minimum absolute atomic E-state index is 1.18. The molecule has 0 bridgehead atoms. The van der Waals surface area contributed by atoms with E-state index in [-0.39, 0.29) is 0 Å². The second-order valence-corrected chi connectivity index (χ2v) is 2.08. The van der Waals surface area contributed by atoms with Gasteiger partial charge in [0, 0.05) is 13.1 Å². The minimum atomic E-state index is 1.18. The van der Waals surface area contributed by atoms with Crippen LogP contribution in [0.1, 0.15) is 0 Å². The van der Waals surface area contributed by atoms with Crippen LogP contribution in [0.3, 0.4) is 0 Å². The molecule has 2 nitrogen and oxygen atoms in total. The number of hydrogen-bond acceptors (Lipinski definition) is 2. The molecule has 0 aromatic carbocycles. The monoisotopic (exact) mass is 99.1 g/mol. The third kappa shape index (κ3) is 1.14. The summed E-state index contributed by atoms with van der Waals surface area (Å²) >= 11 is 0. The summed E-state index contributed by atoms with van der Waals surface area (Å²) in [7, 11) is 4.17. The molecule has 0 spiro atoms. The van der Waals surface area contributed by atoms with E-state index in [1.165, 1.54) is 13.1 Å². The zero-order chi connectivity index (χ0) is 5.28. The van der Waals surface area contributed by atoms with Gasteiger partial charge in [-0.1, -0.05) is 0 Å². The predicted octanol–water partition coefficient (Wildman–Crippen LogP) is -0.0171. The van der Waals surface area contributed by atoms with Crippen LogP contribution in [-0.4, -0.2) is 37.0 Å². The summed E-state index contributed by atoms with van der Waals surface area (Å²) in [5.41, 5.74) is 0. The second-order valence-electron chi connectivity index (χ2n) is 2.08. The van der Waals surface area contributed by atoms with Crippen molar-refractivity contribution in [1.29, 1.82) is 0 Å². The van der Waals surface area contributed by atoms with Gasteiger partial charge in [0.15, 0.2) is 0 Å². The lowest BCUT2D eigenvalue weighted by molar-refractivity contribution is 0.409. The SMILES string of the molecule is CN1[CH]N(C)CC1. The van der Waals surface area contributed by atoms with E-state index < -0.39 is 0 Å². The van der Waals surface area contributed by atoms with Gasteiger partial charge in [0.25, 0.3) is 0 Å². The van der Waals surface area contributed by atoms with Crippen LogP contribution in [0.5, 0.6) is 0 Å². The van der Waals surface area contributed by atoms with E-state index in [9.17, 15) is 0 Å². The Balaban J connectivity index is 2.26. The molecule has 1 aliphatic heterocycles. The number of hydrogen-bond donors (Lipinski definition) is 0. The highest BCUT2D eigenvalue weighted by Gasteiger charge is 2.10. The second kappa shape index (κ2) is 1.80. The molecule has 1 heterocycles. The van der Waals surface area contributed by atoms with Gasteiger partial charge < -0.3 is 0 Å². The topological polar surface area (TPSA) is 6.48 Å². The van der Waals surface area contributed by atoms with Gasteiger partial charge in [0.2, 0.25) is 0 Å². The fourth-order valence-corrected chi connectivity index (χ4v) is 0.767. The van der Waals surface area contributed by atoms with Crippen LogP contribution in [0, 0.1) is 6.67 Å². The van der Waals surface area contributed by atoms with Crippen molar-refractivity contribution in [1.82, 2.24) is 9.80 Å². The molecule has 1 fully saturated rings. The van der Waals surface area contributed by atoms with Crippen molar-refractivity contribution in [2.45, 2.75) is 0 Å². The molecule has 1 radical (unpaired) electrons. The zero-order valence-electron chi connectivity index (χ0n) is 4.89. The Morgan fingerprint density at radius 3 is 1.71 bits per heavy atom. The Labute approximate surface area is 44.7 Å². The Hall–Kier alpha value is -0.0800. The number of nitrogens with zero attached hydrogens (tertiary/aromatic N) is 2. The molecule has 1 aliphatic rings. The molecule has 2 heteroatoms. The van der Waals surface area contributed by atoms with Gasteiger partial charge in [-0.05, 0) is 14.1 Å². The highest BCUT2D eigenvalue weighted by atomic mass is 15.3. The summed E-state index contributed by atoms with van der Waals surface area (Å²) < 4.78 is 0. The van der Waals surface area contributed by atoms with Gasteiger partial charge in [-0.25, -0.2) is 0 Å². The molecule has 1 rings (SSSR count). The van der Waals surface area contributed by atoms with Crippen molar-refractivity contribution >= 4 is 0 Å². The van der Waals surface area contributed by atoms with Crippen molar-refractivity contribution in [3.05, 3.63) is 6.67 Å². The standard InChI is InChI=1S/C5H11N2/c1-6-3-4-7(2)5-6/h5H,3-4H2,1-2H3. The normalized spacial score (nSPS) is 26.6. The van der Waals surface area contributed by atoms with Crippen molar-refractivity contribution in [2.75, 3.05) is 27.2 Å². The van der Waals surface area contributed by atoms with E-state index in [0.717, 1.165) is 0 Å². The molecule has 1 saturated heterocycles. The van der Waals surface area contributed by atoms with Gasteiger partial charge in [-0.15, -0.1) is 0 Å². The molecule has 41 valence electrons. The van der Waals surface area contributed by atoms with E-state index in [4.69, 9.17) is 0 Å². The van der Waals surface area contributed by atoms with Gasteiger partial charge in [0.05, 0.1) is 6.67 Å². The lowest BCUT2D eigenvalue weighted by atomic mass is 10.6. The Bertz CT molecular complexity index is 55.1. The fraction of sp³-hybridized carbons (Fsp3) is 0.800. The van der Waals surface area contributed by atoms with E-state index in [0.29, 0.717) is 0 Å². The highest BCUT2D eigenvalue weighted by Crippen LogP contribution is 2.01. The molecule has 0 aromatic heterocycles. The maximum Gasteiger partial charge on any atom is 0.0917 e. The van der Waals surface area contributed by atoms with Gasteiger partial charge >= 0.3 is 0 Å². The van der Waals surface area contributed by atoms with Crippen LogP contribution in [0.15, 0.2) is 0 Å². The summed E-state index contributed by atoms with van der Waals surface area (Å²) in [5, 5.41) is 0. The first-order chi connectivity index (χ1) is 3.29. The molecule has 0 aliphatic carbocycles. The van der Waals surface area contributed by atoms with Crippen LogP contribution in [0.25, 0.3) is 0 Å². The molecule has 0 N–H and O–H groups in total. The lowest BCUT2D eigenvalue weighted by Crippen LogP contribution is -2.10. The largest absolute Gasteiger partial charge is 0.287 e. The minimum Gasteiger partial charge on any atom is -0.287 e. The first-order valence-corrected chi connectivity index (χ1v) is 2.54. The quantitative estimate of drug-likeness (QED) is 0.421. The van der Waals surface area contributed by atoms with Crippen molar-refractivity contribution < 1.29 is 0 Å². The molecule has 0 unspecified atom stereocenters. The van der Waals surface area contributed by atoms with Crippen LogP contribution in [0.4, 0.5) is 0 Å². The molecule has 0 aromatic rings.